The molecular formula is C25H34NO6P. The van der Waals surface area contributed by atoms with Crippen molar-refractivity contribution >= 4 is 18.4 Å². The minimum absolute atomic E-state index is 0. The Morgan fingerprint density at radius 1 is 0.879 bits per heavy atom. The van der Waals surface area contributed by atoms with Crippen molar-refractivity contribution in [2.45, 2.75) is 76.4 Å². The molecule has 3 heterocycles. The van der Waals surface area contributed by atoms with Crippen molar-refractivity contribution in [3.05, 3.63) is 60.2 Å². The standard InChI is InChI=1S/C25H32NO6P.H2/c1-16-11-13-17(14-12-16)26-23-22-21(30-25(4,5)31-22)20(19-15-28-24(2,3)29-19)32-33(23,27)18-9-7-6-8-10-18;/h6-14,19-23,26H,15H2,1-5H3;1H/t19-,20?,21?,22?,23-,33-;/m1./s1. The number of anilines is 1. The Morgan fingerprint density at radius 2 is 1.55 bits per heavy atom. The van der Waals surface area contributed by atoms with Gasteiger partial charge in [-0.05, 0) is 58.9 Å². The lowest BCUT2D eigenvalue weighted by Gasteiger charge is -2.44. The van der Waals surface area contributed by atoms with Gasteiger partial charge in [-0.3, -0.25) is 4.57 Å². The summed E-state index contributed by atoms with van der Waals surface area (Å²) in [5.41, 5.74) is 1.99. The van der Waals surface area contributed by atoms with Crippen LogP contribution >= 0.6 is 7.37 Å². The Balaban J connectivity index is 0.00000274. The van der Waals surface area contributed by atoms with Gasteiger partial charge in [-0.15, -0.1) is 0 Å². The lowest BCUT2D eigenvalue weighted by atomic mass is 10.0. The molecule has 33 heavy (non-hydrogen) atoms. The summed E-state index contributed by atoms with van der Waals surface area (Å²) in [7, 11) is -3.48. The van der Waals surface area contributed by atoms with E-state index >= 15 is 0 Å². The zero-order valence-corrected chi connectivity index (χ0v) is 20.6. The molecule has 0 spiro atoms. The van der Waals surface area contributed by atoms with E-state index in [1.165, 1.54) is 0 Å². The second-order valence-corrected chi connectivity index (χ2v) is 12.4. The monoisotopic (exact) mass is 475 g/mol. The van der Waals surface area contributed by atoms with E-state index < -0.39 is 49.1 Å². The Morgan fingerprint density at radius 3 is 2.18 bits per heavy atom. The van der Waals surface area contributed by atoms with Crippen molar-refractivity contribution in [3.8, 4) is 0 Å². The molecule has 0 saturated carbocycles. The third-order valence-electron chi connectivity index (χ3n) is 6.32. The van der Waals surface area contributed by atoms with Crippen LogP contribution in [0.4, 0.5) is 5.69 Å². The first kappa shape index (κ1) is 23.0. The van der Waals surface area contributed by atoms with Crippen LogP contribution < -0.4 is 10.6 Å². The van der Waals surface area contributed by atoms with E-state index in [-0.39, 0.29) is 1.43 Å². The maximum absolute atomic E-state index is 14.8. The van der Waals surface area contributed by atoms with Gasteiger partial charge < -0.3 is 28.8 Å². The highest BCUT2D eigenvalue weighted by Crippen LogP contribution is 2.61. The van der Waals surface area contributed by atoms with Crippen LogP contribution in [-0.2, 0) is 28.0 Å². The zero-order valence-electron chi connectivity index (χ0n) is 19.7. The Bertz CT molecular complexity index is 1050. The van der Waals surface area contributed by atoms with E-state index in [2.05, 4.69) is 5.32 Å². The van der Waals surface area contributed by atoms with Crippen LogP contribution in [0, 0.1) is 6.92 Å². The van der Waals surface area contributed by atoms with Crippen molar-refractivity contribution in [1.82, 2.24) is 0 Å². The fourth-order valence-electron chi connectivity index (χ4n) is 4.82. The number of hydrogen-bond acceptors (Lipinski definition) is 7. The summed E-state index contributed by atoms with van der Waals surface area (Å²) >= 11 is 0. The van der Waals surface area contributed by atoms with E-state index in [4.69, 9.17) is 23.5 Å². The van der Waals surface area contributed by atoms with Gasteiger partial charge in [-0.1, -0.05) is 35.9 Å². The second kappa shape index (κ2) is 8.19. The van der Waals surface area contributed by atoms with Crippen molar-refractivity contribution in [2.75, 3.05) is 11.9 Å². The number of benzene rings is 2. The summed E-state index contributed by atoms with van der Waals surface area (Å²) in [6, 6.07) is 17.3. The van der Waals surface area contributed by atoms with E-state index in [9.17, 15) is 4.57 Å². The number of fused-ring (bicyclic) bond motifs is 1. The zero-order chi connectivity index (χ0) is 23.4. The van der Waals surface area contributed by atoms with E-state index in [0.29, 0.717) is 11.9 Å². The normalized spacial score (nSPS) is 36.9. The van der Waals surface area contributed by atoms with Gasteiger partial charge >= 0.3 is 0 Å². The summed E-state index contributed by atoms with van der Waals surface area (Å²) < 4.78 is 46.0. The van der Waals surface area contributed by atoms with E-state index in [0.717, 1.165) is 11.3 Å². The highest BCUT2D eigenvalue weighted by Gasteiger charge is 2.62. The van der Waals surface area contributed by atoms with Crippen molar-refractivity contribution in [1.29, 1.82) is 0 Å². The van der Waals surface area contributed by atoms with Gasteiger partial charge in [0.2, 0.25) is 0 Å². The number of ether oxygens (including phenoxy) is 4. The van der Waals surface area contributed by atoms with E-state index in [1.54, 1.807) is 0 Å². The van der Waals surface area contributed by atoms with Gasteiger partial charge in [0.25, 0.3) is 7.37 Å². The topological polar surface area (TPSA) is 75.2 Å². The molecule has 7 nitrogen and oxygen atoms in total. The molecule has 0 bridgehead atoms. The molecule has 3 aliphatic rings. The summed E-state index contributed by atoms with van der Waals surface area (Å²) in [6.45, 7) is 9.83. The minimum Gasteiger partial charge on any atom is -0.371 e. The first-order chi connectivity index (χ1) is 15.6. The number of nitrogens with one attached hydrogen (secondary N) is 1. The summed E-state index contributed by atoms with van der Waals surface area (Å²) in [5, 5.41) is 4.10. The molecule has 3 saturated heterocycles. The molecule has 0 aliphatic carbocycles. The largest absolute Gasteiger partial charge is 0.371 e. The van der Waals surface area contributed by atoms with Gasteiger partial charge in [0.15, 0.2) is 11.6 Å². The maximum atomic E-state index is 14.8. The lowest BCUT2D eigenvalue weighted by Crippen LogP contribution is -2.57. The molecule has 3 fully saturated rings. The number of rotatable bonds is 4. The minimum atomic E-state index is -3.48. The molecular weight excluding hydrogens is 441 g/mol. The van der Waals surface area contributed by atoms with Crippen molar-refractivity contribution in [2.24, 2.45) is 0 Å². The molecule has 180 valence electrons. The molecule has 6 atom stereocenters. The third-order valence-corrected chi connectivity index (χ3v) is 9.05. The van der Waals surface area contributed by atoms with Gasteiger partial charge in [0.05, 0.1) is 6.61 Å². The molecule has 3 aliphatic heterocycles. The van der Waals surface area contributed by atoms with Crippen LogP contribution in [0.3, 0.4) is 0 Å². The molecule has 3 unspecified atom stereocenters. The van der Waals surface area contributed by atoms with Gasteiger partial charge in [-0.2, -0.15) is 0 Å². The Labute approximate surface area is 196 Å². The first-order valence-electron chi connectivity index (χ1n) is 11.4. The molecule has 5 rings (SSSR count). The molecule has 8 heteroatoms. The van der Waals surface area contributed by atoms with Crippen LogP contribution in [0.25, 0.3) is 0 Å². The predicted molar refractivity (Wildman–Crippen MR) is 128 cm³/mol. The van der Waals surface area contributed by atoms with Gasteiger partial charge in [0, 0.05) is 12.4 Å². The Kier molecular flexibility index (Phi) is 5.72. The highest BCUT2D eigenvalue weighted by atomic mass is 31.2. The van der Waals surface area contributed by atoms with Crippen LogP contribution in [0.15, 0.2) is 54.6 Å². The van der Waals surface area contributed by atoms with Gasteiger partial charge in [-0.25, -0.2) is 0 Å². The average Bonchev–Trinajstić information content (AvgIpc) is 3.30. The van der Waals surface area contributed by atoms with Gasteiger partial charge in [0.1, 0.15) is 30.2 Å². The fraction of sp³-hybridized carbons (Fsp3) is 0.520. The highest BCUT2D eigenvalue weighted by molar-refractivity contribution is 7.68. The molecule has 0 amide bonds. The average molecular weight is 476 g/mol. The first-order valence-corrected chi connectivity index (χ1v) is 13.1. The Hall–Kier alpha value is -1.73. The summed E-state index contributed by atoms with van der Waals surface area (Å²) in [5.74, 6) is -2.24. The van der Waals surface area contributed by atoms with E-state index in [1.807, 2.05) is 89.2 Å². The quantitative estimate of drug-likeness (QED) is 0.645. The molecule has 1 N–H and O–H groups in total. The summed E-state index contributed by atoms with van der Waals surface area (Å²) in [6.07, 6.45) is -2.03. The maximum Gasteiger partial charge on any atom is 0.256 e. The summed E-state index contributed by atoms with van der Waals surface area (Å²) in [4.78, 5) is 0. The SMILES string of the molecule is Cc1ccc(N[C@H]2C3OC(C)(C)OC3C([C@H]3COC(C)(C)O3)O[P@]2(=O)c2ccccc2)cc1.[HH]. The van der Waals surface area contributed by atoms with Crippen LogP contribution in [0.2, 0.25) is 0 Å². The fourth-order valence-corrected chi connectivity index (χ4v) is 7.53. The van der Waals surface area contributed by atoms with Crippen molar-refractivity contribution in [3.63, 3.8) is 0 Å². The van der Waals surface area contributed by atoms with Crippen molar-refractivity contribution < 1.29 is 29.5 Å². The molecule has 2 aromatic carbocycles. The lowest BCUT2D eigenvalue weighted by molar-refractivity contribution is -0.174. The molecule has 2 aromatic rings. The number of aryl methyl sites for hydroxylation is 1. The second-order valence-electron chi connectivity index (χ2n) is 9.89. The third kappa shape index (κ3) is 4.39. The molecule has 0 radical (unpaired) electrons. The van der Waals surface area contributed by atoms with Crippen LogP contribution in [-0.4, -0.2) is 48.4 Å². The molecule has 0 aromatic heterocycles. The smallest absolute Gasteiger partial charge is 0.256 e. The number of hydrogen-bond donors (Lipinski definition) is 1. The van der Waals surface area contributed by atoms with Crippen LogP contribution in [0.1, 0.15) is 34.7 Å². The van der Waals surface area contributed by atoms with Crippen LogP contribution in [0.5, 0.6) is 0 Å². The predicted octanol–water partition coefficient (Wildman–Crippen LogP) is 4.65.